The van der Waals surface area contributed by atoms with Crippen LogP contribution in [0.25, 0.3) is 0 Å². The Morgan fingerprint density at radius 1 is 1.26 bits per heavy atom. The number of aryl methyl sites for hydroxylation is 1. The van der Waals surface area contributed by atoms with E-state index in [1.54, 1.807) is 12.1 Å². The van der Waals surface area contributed by atoms with E-state index in [1.165, 1.54) is 23.5 Å². The fourth-order valence-corrected chi connectivity index (χ4v) is 3.69. The Bertz CT molecular complexity index is 572. The van der Waals surface area contributed by atoms with Gasteiger partial charge < -0.3 is 0 Å². The Labute approximate surface area is 126 Å². The molecule has 102 valence electrons. The summed E-state index contributed by atoms with van der Waals surface area (Å²) in [6.45, 7) is 1.88. The fraction of sp³-hybridized carbons (Fsp3) is 0.231. The summed E-state index contributed by atoms with van der Waals surface area (Å²) in [5.74, 6) is 0. The highest BCUT2D eigenvalue weighted by Gasteiger charge is 2.35. The lowest BCUT2D eigenvalue weighted by atomic mass is 10.0. The smallest absolute Gasteiger partial charge is 0.166 e. The second-order valence-corrected chi connectivity index (χ2v) is 6.89. The van der Waals surface area contributed by atoms with E-state index in [9.17, 15) is 13.2 Å². The van der Waals surface area contributed by atoms with Crippen molar-refractivity contribution >= 4 is 38.9 Å². The van der Waals surface area contributed by atoms with E-state index in [0.717, 1.165) is 15.4 Å². The van der Waals surface area contributed by atoms with E-state index in [0.29, 0.717) is 4.88 Å². The van der Waals surface area contributed by atoms with Gasteiger partial charge in [0.15, 0.2) is 0 Å². The molecule has 0 aliphatic rings. The molecule has 0 radical (unpaired) electrons. The molecule has 0 aliphatic carbocycles. The third-order valence-corrected chi connectivity index (χ3v) is 5.47. The lowest BCUT2D eigenvalue weighted by Crippen LogP contribution is -2.10. The van der Waals surface area contributed by atoms with Crippen LogP contribution in [-0.2, 0) is 6.18 Å². The minimum absolute atomic E-state index is 0.0883. The van der Waals surface area contributed by atoms with E-state index < -0.39 is 17.1 Å². The molecule has 0 amide bonds. The highest BCUT2D eigenvalue weighted by molar-refractivity contribution is 9.11. The summed E-state index contributed by atoms with van der Waals surface area (Å²) >= 11 is 10.9. The van der Waals surface area contributed by atoms with Crippen molar-refractivity contribution in [1.29, 1.82) is 0 Å². The summed E-state index contributed by atoms with van der Waals surface area (Å²) < 4.78 is 39.7. The molecule has 1 aromatic carbocycles. The highest BCUT2D eigenvalue weighted by Crippen LogP contribution is 2.42. The van der Waals surface area contributed by atoms with Gasteiger partial charge in [0.2, 0.25) is 0 Å². The Morgan fingerprint density at radius 3 is 2.42 bits per heavy atom. The molecule has 19 heavy (non-hydrogen) atoms. The summed E-state index contributed by atoms with van der Waals surface area (Å²) in [5.41, 5.74) is 0.373. The van der Waals surface area contributed by atoms with Crippen molar-refractivity contribution in [2.75, 3.05) is 0 Å². The molecule has 2 rings (SSSR count). The zero-order valence-corrected chi connectivity index (χ0v) is 12.9. The van der Waals surface area contributed by atoms with Crippen LogP contribution in [0.2, 0.25) is 0 Å². The number of halogens is 5. The molecular weight excluding hydrogens is 361 g/mol. The van der Waals surface area contributed by atoms with Crippen LogP contribution in [0.5, 0.6) is 0 Å². The molecule has 0 aliphatic heterocycles. The lowest BCUT2D eigenvalue weighted by molar-refractivity contribution is -0.138. The maximum absolute atomic E-state index is 12.9. The van der Waals surface area contributed by atoms with Gasteiger partial charge in [-0.1, -0.05) is 18.2 Å². The molecule has 1 aromatic heterocycles. The van der Waals surface area contributed by atoms with Crippen molar-refractivity contribution in [3.8, 4) is 0 Å². The van der Waals surface area contributed by atoms with Crippen LogP contribution in [0, 0.1) is 6.92 Å². The summed E-state index contributed by atoms with van der Waals surface area (Å²) in [4.78, 5) is 0.697. The minimum Gasteiger partial charge on any atom is -0.166 e. The van der Waals surface area contributed by atoms with E-state index in [4.69, 9.17) is 11.6 Å². The van der Waals surface area contributed by atoms with Crippen LogP contribution in [0.4, 0.5) is 13.2 Å². The zero-order valence-electron chi connectivity index (χ0n) is 9.76. The number of rotatable bonds is 2. The minimum atomic E-state index is -4.40. The predicted octanol–water partition coefficient (Wildman–Crippen LogP) is 6.17. The van der Waals surface area contributed by atoms with Crippen molar-refractivity contribution < 1.29 is 13.2 Å². The Balaban J connectivity index is 2.47. The highest BCUT2D eigenvalue weighted by atomic mass is 79.9. The van der Waals surface area contributed by atoms with Crippen LogP contribution >= 0.6 is 38.9 Å². The van der Waals surface area contributed by atoms with Crippen molar-refractivity contribution in [3.05, 3.63) is 55.7 Å². The van der Waals surface area contributed by atoms with Gasteiger partial charge in [-0.15, -0.1) is 22.9 Å². The molecule has 0 saturated carbocycles. The van der Waals surface area contributed by atoms with Gasteiger partial charge in [0, 0.05) is 4.88 Å². The van der Waals surface area contributed by atoms with Gasteiger partial charge >= 0.3 is 6.18 Å². The fourth-order valence-electron chi connectivity index (χ4n) is 1.74. The number of benzene rings is 1. The number of hydrogen-bond acceptors (Lipinski definition) is 1. The molecule has 1 heterocycles. The van der Waals surface area contributed by atoms with E-state index >= 15 is 0 Å². The first-order chi connectivity index (χ1) is 8.80. The third-order valence-electron chi connectivity index (χ3n) is 2.67. The van der Waals surface area contributed by atoms with Gasteiger partial charge in [-0.3, -0.25) is 0 Å². The van der Waals surface area contributed by atoms with E-state index in [2.05, 4.69) is 15.9 Å². The molecular formula is C13H9BrClF3S. The predicted molar refractivity (Wildman–Crippen MR) is 75.9 cm³/mol. The van der Waals surface area contributed by atoms with Crippen LogP contribution in [0.3, 0.4) is 0 Å². The molecule has 0 spiro atoms. The van der Waals surface area contributed by atoms with Crippen molar-refractivity contribution in [2.24, 2.45) is 0 Å². The largest absolute Gasteiger partial charge is 0.416 e. The lowest BCUT2D eigenvalue weighted by Gasteiger charge is -2.15. The van der Waals surface area contributed by atoms with Gasteiger partial charge in [-0.05, 0) is 46.1 Å². The average Bonchev–Trinajstić information content (AvgIpc) is 2.68. The Morgan fingerprint density at radius 2 is 1.89 bits per heavy atom. The maximum atomic E-state index is 12.9. The number of thiophene rings is 1. The molecule has 0 nitrogen and oxygen atoms in total. The molecule has 0 N–H and O–H groups in total. The average molecular weight is 370 g/mol. The quantitative estimate of drug-likeness (QED) is 0.556. The first kappa shape index (κ1) is 14.9. The summed E-state index contributed by atoms with van der Waals surface area (Å²) in [7, 11) is 0. The number of alkyl halides is 4. The van der Waals surface area contributed by atoms with Crippen molar-refractivity contribution in [1.82, 2.24) is 0 Å². The van der Waals surface area contributed by atoms with Crippen LogP contribution in [0.1, 0.15) is 26.9 Å². The van der Waals surface area contributed by atoms with Crippen LogP contribution < -0.4 is 0 Å². The summed E-state index contributed by atoms with van der Waals surface area (Å²) in [6, 6.07) is 7.21. The van der Waals surface area contributed by atoms with Crippen LogP contribution in [0.15, 0.2) is 34.1 Å². The van der Waals surface area contributed by atoms with Crippen LogP contribution in [-0.4, -0.2) is 0 Å². The number of hydrogen-bond donors (Lipinski definition) is 0. The first-order valence-electron chi connectivity index (χ1n) is 5.36. The maximum Gasteiger partial charge on any atom is 0.416 e. The molecule has 1 atom stereocenters. The third kappa shape index (κ3) is 3.15. The van der Waals surface area contributed by atoms with Crippen molar-refractivity contribution in [2.45, 2.75) is 18.5 Å². The van der Waals surface area contributed by atoms with Gasteiger partial charge in [-0.2, -0.15) is 13.2 Å². The summed E-state index contributed by atoms with van der Waals surface area (Å²) in [6.07, 6.45) is -4.40. The Kier molecular flexibility index (Phi) is 4.28. The summed E-state index contributed by atoms with van der Waals surface area (Å²) in [5, 5.41) is -0.798. The molecule has 6 heteroatoms. The second-order valence-electron chi connectivity index (χ2n) is 4.05. The zero-order chi connectivity index (χ0) is 14.2. The van der Waals surface area contributed by atoms with Crippen molar-refractivity contribution in [3.63, 3.8) is 0 Å². The van der Waals surface area contributed by atoms with E-state index in [-0.39, 0.29) is 5.56 Å². The molecule has 2 aromatic rings. The monoisotopic (exact) mass is 368 g/mol. The Hall–Kier alpha value is -0.520. The second kappa shape index (κ2) is 5.46. The molecule has 0 fully saturated rings. The molecule has 0 saturated heterocycles. The van der Waals surface area contributed by atoms with Gasteiger partial charge in [0.05, 0.1) is 14.7 Å². The van der Waals surface area contributed by atoms with Gasteiger partial charge in [-0.25, -0.2) is 0 Å². The van der Waals surface area contributed by atoms with Gasteiger partial charge in [0.1, 0.15) is 0 Å². The molecule has 0 bridgehead atoms. The normalized spacial score (nSPS) is 13.6. The first-order valence-corrected chi connectivity index (χ1v) is 7.41. The topological polar surface area (TPSA) is 0 Å². The molecule has 1 unspecified atom stereocenters. The standard InChI is InChI=1S/C13H9BrClF3S/c1-7-6-10(19-12(7)14)11(15)8-4-2-3-5-9(8)13(16,17)18/h2-6,11H,1H3. The van der Waals surface area contributed by atoms with E-state index in [1.807, 2.05) is 6.92 Å². The SMILES string of the molecule is Cc1cc(C(Cl)c2ccccc2C(F)(F)F)sc1Br. The van der Waals surface area contributed by atoms with Gasteiger partial charge in [0.25, 0.3) is 0 Å².